The molecule has 1 aromatic heterocycles. The van der Waals surface area contributed by atoms with Crippen molar-refractivity contribution in [2.45, 2.75) is 43.3 Å². The maximum absolute atomic E-state index is 12.1. The van der Waals surface area contributed by atoms with Gasteiger partial charge < -0.3 is 10.1 Å². The van der Waals surface area contributed by atoms with Gasteiger partial charge in [-0.1, -0.05) is 48.3 Å². The standard InChI is InChI=1S/C19H25ClN4O2S/c1-26-12-6-11-21-17(25)13-27-19-23-22-18(15-9-4-5-10-16(15)20)24(19)14-7-2-3-8-14/h4-5,9-10,14H,2-3,6-8,11-13H2,1H3,(H,21,25). The van der Waals surface area contributed by atoms with Crippen LogP contribution in [-0.4, -0.2) is 46.7 Å². The molecule has 1 saturated carbocycles. The largest absolute Gasteiger partial charge is 0.385 e. The van der Waals surface area contributed by atoms with Crippen LogP contribution in [0, 0.1) is 0 Å². The molecule has 0 radical (unpaired) electrons. The highest BCUT2D eigenvalue weighted by atomic mass is 35.5. The number of benzene rings is 1. The van der Waals surface area contributed by atoms with Crippen LogP contribution in [0.5, 0.6) is 0 Å². The van der Waals surface area contributed by atoms with Crippen molar-refractivity contribution >= 4 is 29.3 Å². The highest BCUT2D eigenvalue weighted by Crippen LogP contribution is 2.38. The Morgan fingerprint density at radius 2 is 2.11 bits per heavy atom. The third-order valence-electron chi connectivity index (χ3n) is 4.65. The average Bonchev–Trinajstić information content (AvgIpc) is 3.33. The summed E-state index contributed by atoms with van der Waals surface area (Å²) in [4.78, 5) is 12.1. The summed E-state index contributed by atoms with van der Waals surface area (Å²) in [7, 11) is 1.66. The molecule has 0 aliphatic heterocycles. The van der Waals surface area contributed by atoms with Gasteiger partial charge in [0.15, 0.2) is 11.0 Å². The number of nitrogens with one attached hydrogen (secondary N) is 1. The van der Waals surface area contributed by atoms with Gasteiger partial charge in [-0.15, -0.1) is 10.2 Å². The smallest absolute Gasteiger partial charge is 0.230 e. The van der Waals surface area contributed by atoms with Gasteiger partial charge in [-0.25, -0.2) is 0 Å². The minimum atomic E-state index is -0.00336. The number of aromatic nitrogens is 3. The third-order valence-corrected chi connectivity index (χ3v) is 5.92. The van der Waals surface area contributed by atoms with Crippen molar-refractivity contribution in [1.82, 2.24) is 20.1 Å². The van der Waals surface area contributed by atoms with Gasteiger partial charge in [0.25, 0.3) is 0 Å². The van der Waals surface area contributed by atoms with Crippen molar-refractivity contribution < 1.29 is 9.53 Å². The number of hydrogen-bond donors (Lipinski definition) is 1. The van der Waals surface area contributed by atoms with E-state index in [4.69, 9.17) is 16.3 Å². The Hall–Kier alpha value is -1.57. The van der Waals surface area contributed by atoms with E-state index in [0.29, 0.717) is 30.0 Å². The van der Waals surface area contributed by atoms with Gasteiger partial charge >= 0.3 is 0 Å². The first kappa shape index (κ1) is 20.2. The van der Waals surface area contributed by atoms with Gasteiger partial charge in [0.1, 0.15) is 0 Å². The van der Waals surface area contributed by atoms with E-state index >= 15 is 0 Å². The van der Waals surface area contributed by atoms with Crippen molar-refractivity contribution in [2.24, 2.45) is 0 Å². The van der Waals surface area contributed by atoms with Crippen molar-refractivity contribution in [3.8, 4) is 11.4 Å². The fourth-order valence-corrected chi connectivity index (χ4v) is 4.37. The number of methoxy groups -OCH3 is 1. The Labute approximate surface area is 169 Å². The fraction of sp³-hybridized carbons (Fsp3) is 0.526. The molecule has 1 aliphatic carbocycles. The molecule has 1 N–H and O–H groups in total. The Morgan fingerprint density at radius 1 is 1.33 bits per heavy atom. The zero-order valence-electron chi connectivity index (χ0n) is 15.5. The van der Waals surface area contributed by atoms with Gasteiger partial charge in [0, 0.05) is 31.9 Å². The molecule has 3 rings (SSSR count). The second-order valence-corrected chi connectivity index (χ2v) is 7.93. The van der Waals surface area contributed by atoms with Crippen LogP contribution in [0.15, 0.2) is 29.4 Å². The van der Waals surface area contributed by atoms with Crippen LogP contribution < -0.4 is 5.32 Å². The van der Waals surface area contributed by atoms with E-state index in [0.717, 1.165) is 35.8 Å². The van der Waals surface area contributed by atoms with Crippen LogP contribution in [0.2, 0.25) is 5.02 Å². The van der Waals surface area contributed by atoms with Gasteiger partial charge in [-0.3, -0.25) is 9.36 Å². The first-order chi connectivity index (χ1) is 13.2. The molecule has 146 valence electrons. The van der Waals surface area contributed by atoms with Gasteiger partial charge in [-0.05, 0) is 31.4 Å². The highest BCUT2D eigenvalue weighted by molar-refractivity contribution is 7.99. The van der Waals surface area contributed by atoms with Crippen molar-refractivity contribution in [1.29, 1.82) is 0 Å². The predicted octanol–water partition coefficient (Wildman–Crippen LogP) is 3.96. The molecule has 1 heterocycles. The van der Waals surface area contributed by atoms with E-state index in [9.17, 15) is 4.79 Å². The number of halogens is 1. The van der Waals surface area contributed by atoms with Crippen LogP contribution in [-0.2, 0) is 9.53 Å². The highest BCUT2D eigenvalue weighted by Gasteiger charge is 2.26. The molecule has 0 unspecified atom stereocenters. The fourth-order valence-electron chi connectivity index (χ4n) is 3.32. The van der Waals surface area contributed by atoms with Crippen molar-refractivity contribution in [2.75, 3.05) is 26.0 Å². The number of carbonyl (C=O) groups is 1. The lowest BCUT2D eigenvalue weighted by Crippen LogP contribution is -2.27. The van der Waals surface area contributed by atoms with Crippen LogP contribution >= 0.6 is 23.4 Å². The Balaban J connectivity index is 1.73. The second-order valence-electron chi connectivity index (χ2n) is 6.58. The van der Waals surface area contributed by atoms with E-state index in [1.165, 1.54) is 24.6 Å². The molecule has 8 heteroatoms. The quantitative estimate of drug-likeness (QED) is 0.502. The SMILES string of the molecule is COCCCNC(=O)CSc1nnc(-c2ccccc2Cl)n1C1CCCC1. The van der Waals surface area contributed by atoms with Crippen molar-refractivity contribution in [3.63, 3.8) is 0 Å². The van der Waals surface area contributed by atoms with Crippen LogP contribution in [0.3, 0.4) is 0 Å². The van der Waals surface area contributed by atoms with E-state index in [1.807, 2.05) is 24.3 Å². The Kier molecular flexibility index (Phi) is 7.55. The predicted molar refractivity (Wildman–Crippen MR) is 108 cm³/mol. The number of rotatable bonds is 9. The molecule has 0 atom stereocenters. The summed E-state index contributed by atoms with van der Waals surface area (Å²) in [6, 6.07) is 8.05. The Bertz CT molecular complexity index is 762. The number of ether oxygens (including phenoxy) is 1. The maximum atomic E-state index is 12.1. The molecule has 1 aromatic carbocycles. The molecule has 0 spiro atoms. The summed E-state index contributed by atoms with van der Waals surface area (Å²) >= 11 is 7.82. The number of hydrogen-bond acceptors (Lipinski definition) is 5. The molecular weight excluding hydrogens is 384 g/mol. The monoisotopic (exact) mass is 408 g/mol. The summed E-state index contributed by atoms with van der Waals surface area (Å²) in [6.07, 6.45) is 5.42. The van der Waals surface area contributed by atoms with Crippen LogP contribution in [0.1, 0.15) is 38.1 Å². The Morgan fingerprint density at radius 3 is 2.85 bits per heavy atom. The van der Waals surface area contributed by atoms with E-state index in [1.54, 1.807) is 7.11 Å². The van der Waals surface area contributed by atoms with Crippen LogP contribution in [0.4, 0.5) is 0 Å². The molecule has 2 aromatic rings. The molecule has 27 heavy (non-hydrogen) atoms. The topological polar surface area (TPSA) is 69.0 Å². The zero-order valence-corrected chi connectivity index (χ0v) is 17.1. The third kappa shape index (κ3) is 5.24. The normalized spacial score (nSPS) is 14.6. The molecule has 1 fully saturated rings. The zero-order chi connectivity index (χ0) is 19.1. The minimum absolute atomic E-state index is 0.00336. The van der Waals surface area contributed by atoms with Gasteiger partial charge in [-0.2, -0.15) is 0 Å². The van der Waals surface area contributed by atoms with Gasteiger partial charge in [0.05, 0.1) is 10.8 Å². The lowest BCUT2D eigenvalue weighted by Gasteiger charge is -2.17. The summed E-state index contributed by atoms with van der Waals surface area (Å²) in [5.41, 5.74) is 0.884. The lowest BCUT2D eigenvalue weighted by molar-refractivity contribution is -0.118. The molecule has 6 nitrogen and oxygen atoms in total. The first-order valence-corrected chi connectivity index (χ1v) is 10.6. The molecular formula is C19H25ClN4O2S. The molecule has 0 bridgehead atoms. The summed E-state index contributed by atoms with van der Waals surface area (Å²) in [5, 5.41) is 13.1. The number of carbonyl (C=O) groups excluding carboxylic acids is 1. The molecule has 1 aliphatic rings. The second kappa shape index (κ2) is 10.1. The summed E-state index contributed by atoms with van der Waals surface area (Å²) < 4.78 is 7.17. The van der Waals surface area contributed by atoms with E-state index < -0.39 is 0 Å². The molecule has 0 saturated heterocycles. The van der Waals surface area contributed by atoms with Crippen LogP contribution in [0.25, 0.3) is 11.4 Å². The van der Waals surface area contributed by atoms with Crippen molar-refractivity contribution in [3.05, 3.63) is 29.3 Å². The van der Waals surface area contributed by atoms with Gasteiger partial charge in [0.2, 0.25) is 5.91 Å². The lowest BCUT2D eigenvalue weighted by atomic mass is 10.2. The van der Waals surface area contributed by atoms with E-state index in [2.05, 4.69) is 20.1 Å². The summed E-state index contributed by atoms with van der Waals surface area (Å²) in [6.45, 7) is 1.26. The van der Waals surface area contributed by atoms with E-state index in [-0.39, 0.29) is 5.91 Å². The number of amides is 1. The maximum Gasteiger partial charge on any atom is 0.230 e. The molecule has 1 amide bonds. The average molecular weight is 409 g/mol. The number of nitrogens with zero attached hydrogens (tertiary/aromatic N) is 3. The number of thioether (sulfide) groups is 1. The summed E-state index contributed by atoms with van der Waals surface area (Å²) in [5.74, 6) is 1.10. The first-order valence-electron chi connectivity index (χ1n) is 9.29. The minimum Gasteiger partial charge on any atom is -0.385 e.